The van der Waals surface area contributed by atoms with Gasteiger partial charge in [0.2, 0.25) is 0 Å². The number of carbonyl (C=O) groups is 3. The van der Waals surface area contributed by atoms with Crippen LogP contribution in [0.2, 0.25) is 0 Å². The first kappa shape index (κ1) is 25.8. The predicted molar refractivity (Wildman–Crippen MR) is 128 cm³/mol. The molecule has 34 heavy (non-hydrogen) atoms. The van der Waals surface area contributed by atoms with E-state index in [1.165, 1.54) is 14.2 Å². The standard InChI is InChI=1S/C25H30BrNO7/c1-7-33-17-11-14(10-15(26)23(17)31-5)20-19(25(30)34-8-2)13(4)27-16-9-12(3)18(24(29)32-6)22(28)21(16)20/h10-12,18,20,27H,7-9H2,1-6H3/t12-,18+,20+/m0/s1. The van der Waals surface area contributed by atoms with Crippen molar-refractivity contribution in [3.63, 3.8) is 0 Å². The SMILES string of the molecule is CCOC(=O)C1=C(C)NC2=C(C(=O)[C@H](C(=O)OC)[C@@H](C)C2)[C@@H]1c1cc(Br)c(OC)c(OCC)c1. The molecule has 0 aromatic heterocycles. The van der Waals surface area contributed by atoms with Crippen molar-refractivity contribution in [3.05, 3.63) is 44.7 Å². The van der Waals surface area contributed by atoms with Crippen molar-refractivity contribution in [2.75, 3.05) is 27.4 Å². The average Bonchev–Trinajstić information content (AvgIpc) is 2.78. The maximum Gasteiger partial charge on any atom is 0.336 e. The zero-order chi connectivity index (χ0) is 25.2. The van der Waals surface area contributed by atoms with Gasteiger partial charge >= 0.3 is 11.9 Å². The molecular formula is C25H30BrNO7. The van der Waals surface area contributed by atoms with Gasteiger partial charge in [-0.15, -0.1) is 0 Å². The van der Waals surface area contributed by atoms with Crippen LogP contribution in [0.5, 0.6) is 11.5 Å². The highest BCUT2D eigenvalue weighted by Gasteiger charge is 2.47. The van der Waals surface area contributed by atoms with Crippen molar-refractivity contribution in [1.82, 2.24) is 5.32 Å². The van der Waals surface area contributed by atoms with Crippen LogP contribution < -0.4 is 14.8 Å². The number of halogens is 1. The Hall–Kier alpha value is -2.81. The van der Waals surface area contributed by atoms with Gasteiger partial charge in [0.15, 0.2) is 17.3 Å². The van der Waals surface area contributed by atoms with Gasteiger partial charge in [-0.3, -0.25) is 9.59 Å². The van der Waals surface area contributed by atoms with Crippen molar-refractivity contribution in [2.45, 2.75) is 40.0 Å². The smallest absolute Gasteiger partial charge is 0.336 e. The van der Waals surface area contributed by atoms with Crippen LogP contribution in [-0.2, 0) is 23.9 Å². The van der Waals surface area contributed by atoms with Crippen molar-refractivity contribution in [1.29, 1.82) is 0 Å². The second-order valence-electron chi connectivity index (χ2n) is 8.22. The minimum atomic E-state index is -0.956. The molecule has 1 aliphatic heterocycles. The van der Waals surface area contributed by atoms with Gasteiger partial charge in [0.25, 0.3) is 0 Å². The Kier molecular flexibility index (Phi) is 8.07. The summed E-state index contributed by atoms with van der Waals surface area (Å²) in [6.07, 6.45) is 0.459. The molecule has 184 valence electrons. The molecule has 1 aromatic carbocycles. The first-order chi connectivity index (χ1) is 16.2. The summed E-state index contributed by atoms with van der Waals surface area (Å²) < 4.78 is 22.2. The van der Waals surface area contributed by atoms with Crippen LogP contribution in [0.15, 0.2) is 39.1 Å². The van der Waals surface area contributed by atoms with Crippen LogP contribution in [0.1, 0.15) is 45.6 Å². The normalized spacial score (nSPS) is 22.1. The highest BCUT2D eigenvalue weighted by atomic mass is 79.9. The minimum absolute atomic E-state index is 0.181. The van der Waals surface area contributed by atoms with Gasteiger partial charge in [0.05, 0.1) is 37.5 Å². The number of methoxy groups -OCH3 is 2. The maximum atomic E-state index is 13.8. The molecule has 3 atom stereocenters. The number of ketones is 1. The molecule has 0 saturated carbocycles. The Bertz CT molecular complexity index is 1080. The molecule has 3 rings (SSSR count). The number of hydrogen-bond acceptors (Lipinski definition) is 8. The number of hydrogen-bond donors (Lipinski definition) is 1. The van der Waals surface area contributed by atoms with Gasteiger partial charge in [-0.25, -0.2) is 4.79 Å². The fourth-order valence-electron chi connectivity index (χ4n) is 4.71. The maximum absolute atomic E-state index is 13.8. The third-order valence-corrected chi connectivity index (χ3v) is 6.70. The lowest BCUT2D eigenvalue weighted by atomic mass is 9.69. The van der Waals surface area contributed by atoms with Crippen LogP contribution in [0.4, 0.5) is 0 Å². The Morgan fingerprint density at radius 1 is 1.18 bits per heavy atom. The van der Waals surface area contributed by atoms with Crippen LogP contribution in [-0.4, -0.2) is 45.2 Å². The molecule has 0 fully saturated rings. The molecule has 0 bridgehead atoms. The largest absolute Gasteiger partial charge is 0.492 e. The molecular weight excluding hydrogens is 506 g/mol. The fraction of sp³-hybridized carbons (Fsp3) is 0.480. The van der Waals surface area contributed by atoms with E-state index in [2.05, 4.69) is 21.2 Å². The quantitative estimate of drug-likeness (QED) is 0.412. The first-order valence-electron chi connectivity index (χ1n) is 11.2. The van der Waals surface area contributed by atoms with Crippen molar-refractivity contribution >= 4 is 33.7 Å². The van der Waals surface area contributed by atoms with Crippen LogP contribution in [0, 0.1) is 11.8 Å². The van der Waals surface area contributed by atoms with Crippen molar-refractivity contribution in [3.8, 4) is 11.5 Å². The topological polar surface area (TPSA) is 100 Å². The predicted octanol–water partition coefficient (Wildman–Crippen LogP) is 4.03. The lowest BCUT2D eigenvalue weighted by Crippen LogP contribution is -2.43. The second kappa shape index (κ2) is 10.6. The summed E-state index contributed by atoms with van der Waals surface area (Å²) in [5.74, 6) is -2.48. The molecule has 1 heterocycles. The van der Waals surface area contributed by atoms with Crippen molar-refractivity contribution < 1.29 is 33.3 Å². The second-order valence-corrected chi connectivity index (χ2v) is 9.08. The number of dihydropyridines is 1. The van der Waals surface area contributed by atoms with Crippen LogP contribution in [0.25, 0.3) is 0 Å². The molecule has 0 amide bonds. The molecule has 1 N–H and O–H groups in total. The van der Waals surface area contributed by atoms with Crippen LogP contribution >= 0.6 is 15.9 Å². The molecule has 8 nitrogen and oxygen atoms in total. The molecule has 9 heteroatoms. The van der Waals surface area contributed by atoms with E-state index in [4.69, 9.17) is 18.9 Å². The third kappa shape index (κ3) is 4.58. The molecule has 1 aromatic rings. The molecule has 0 radical (unpaired) electrons. The molecule has 0 spiro atoms. The Morgan fingerprint density at radius 3 is 2.47 bits per heavy atom. The van der Waals surface area contributed by atoms with E-state index in [9.17, 15) is 14.4 Å². The number of benzene rings is 1. The summed E-state index contributed by atoms with van der Waals surface area (Å²) in [7, 11) is 2.81. The van der Waals surface area contributed by atoms with Gasteiger partial charge in [0, 0.05) is 22.9 Å². The number of rotatable bonds is 7. The highest BCUT2D eigenvalue weighted by molar-refractivity contribution is 9.10. The summed E-state index contributed by atoms with van der Waals surface area (Å²) >= 11 is 3.53. The van der Waals surface area contributed by atoms with Gasteiger partial charge in [-0.1, -0.05) is 6.92 Å². The zero-order valence-electron chi connectivity index (χ0n) is 20.2. The lowest BCUT2D eigenvalue weighted by Gasteiger charge is -2.38. The molecule has 2 aliphatic rings. The summed E-state index contributed by atoms with van der Waals surface area (Å²) in [5, 5.41) is 3.24. The van der Waals surface area contributed by atoms with Gasteiger partial charge < -0.3 is 24.3 Å². The average molecular weight is 536 g/mol. The zero-order valence-corrected chi connectivity index (χ0v) is 21.8. The fourth-order valence-corrected chi connectivity index (χ4v) is 5.33. The number of nitrogens with one attached hydrogen (secondary N) is 1. The Morgan fingerprint density at radius 2 is 1.88 bits per heavy atom. The highest BCUT2D eigenvalue weighted by Crippen LogP contribution is 2.48. The molecule has 1 aliphatic carbocycles. The number of carbonyl (C=O) groups excluding carboxylic acids is 3. The summed E-state index contributed by atoms with van der Waals surface area (Å²) in [6.45, 7) is 7.78. The number of Topliss-reactive ketones (excluding diaryl/α,β-unsaturated/α-hetero) is 1. The van der Waals surface area contributed by atoms with E-state index in [-0.39, 0.29) is 18.3 Å². The number of allylic oxidation sites excluding steroid dienone is 3. The van der Waals surface area contributed by atoms with Gasteiger partial charge in [0.1, 0.15) is 5.92 Å². The lowest BCUT2D eigenvalue weighted by molar-refractivity contribution is -0.151. The first-order valence-corrected chi connectivity index (χ1v) is 12.0. The van der Waals surface area contributed by atoms with E-state index < -0.39 is 23.8 Å². The number of ether oxygens (including phenoxy) is 4. The summed E-state index contributed by atoms with van der Waals surface area (Å²) in [6, 6.07) is 3.56. The third-order valence-electron chi connectivity index (χ3n) is 6.11. The van der Waals surface area contributed by atoms with E-state index in [1.54, 1.807) is 26.0 Å². The monoisotopic (exact) mass is 535 g/mol. The van der Waals surface area contributed by atoms with E-state index in [0.717, 1.165) is 0 Å². The van der Waals surface area contributed by atoms with Gasteiger partial charge in [-0.2, -0.15) is 0 Å². The van der Waals surface area contributed by atoms with Crippen LogP contribution in [0.3, 0.4) is 0 Å². The van der Waals surface area contributed by atoms with E-state index in [0.29, 0.717) is 57.1 Å². The molecule has 0 saturated heterocycles. The Balaban J connectivity index is 2.27. The van der Waals surface area contributed by atoms with Gasteiger partial charge in [-0.05, 0) is 66.7 Å². The number of esters is 2. The van der Waals surface area contributed by atoms with E-state index >= 15 is 0 Å². The Labute approximate surface area is 207 Å². The molecule has 0 unspecified atom stereocenters. The minimum Gasteiger partial charge on any atom is -0.492 e. The van der Waals surface area contributed by atoms with Crippen molar-refractivity contribution in [2.24, 2.45) is 11.8 Å². The summed E-state index contributed by atoms with van der Waals surface area (Å²) in [4.78, 5) is 39.4. The van der Waals surface area contributed by atoms with E-state index in [1.807, 2.05) is 13.8 Å². The summed E-state index contributed by atoms with van der Waals surface area (Å²) in [5.41, 5.74) is 2.61.